The molecule has 2 nitrogen and oxygen atoms in total. The van der Waals surface area contributed by atoms with Crippen molar-refractivity contribution in [1.29, 1.82) is 0 Å². The summed E-state index contributed by atoms with van der Waals surface area (Å²) in [7, 11) is 0. The average Bonchev–Trinajstić information content (AvgIpc) is 2.76. The number of aliphatic hydroxyl groups is 1. The molecule has 4 fully saturated rings. The number of fused-ring (bicyclic) bond motifs is 5. The lowest BCUT2D eigenvalue weighted by molar-refractivity contribution is -0.141. The maximum absolute atomic E-state index is 11.9. The predicted octanol–water partition coefficient (Wildman–Crippen LogP) is 3.96. The summed E-state index contributed by atoms with van der Waals surface area (Å²) in [6.07, 6.45) is 10.0. The minimum atomic E-state index is -0.0677. The van der Waals surface area contributed by atoms with Crippen molar-refractivity contribution in [3.05, 3.63) is 0 Å². The second-order valence-corrected chi connectivity index (χ2v) is 9.04. The largest absolute Gasteiger partial charge is 0.393 e. The first-order valence-corrected chi connectivity index (χ1v) is 9.15. The molecule has 0 aromatic carbocycles. The highest BCUT2D eigenvalue weighted by atomic mass is 16.3. The van der Waals surface area contributed by atoms with Crippen LogP contribution in [-0.4, -0.2) is 17.0 Å². The second-order valence-electron chi connectivity index (χ2n) is 9.04. The number of hydrogen-bond acceptors (Lipinski definition) is 2. The van der Waals surface area contributed by atoms with Gasteiger partial charge < -0.3 is 5.11 Å². The number of hydrogen-bond donors (Lipinski definition) is 1. The summed E-state index contributed by atoms with van der Waals surface area (Å²) >= 11 is 0. The molecule has 0 heterocycles. The van der Waals surface area contributed by atoms with E-state index in [0.717, 1.165) is 43.4 Å². The van der Waals surface area contributed by atoms with E-state index in [9.17, 15) is 9.90 Å². The van der Waals surface area contributed by atoms with Crippen LogP contribution in [0.2, 0.25) is 0 Å². The van der Waals surface area contributed by atoms with Crippen LogP contribution in [0.4, 0.5) is 0 Å². The number of Topliss-reactive ketones (excluding diaryl/α,β-unsaturated/α-hetero) is 1. The zero-order chi connectivity index (χ0) is 14.8. The molecule has 0 unspecified atom stereocenters. The van der Waals surface area contributed by atoms with Gasteiger partial charge in [-0.05, 0) is 79.4 Å². The van der Waals surface area contributed by atoms with Crippen molar-refractivity contribution < 1.29 is 9.90 Å². The Bertz CT molecular complexity index is 458. The van der Waals surface area contributed by atoms with E-state index in [1.165, 1.54) is 32.1 Å². The average molecular weight is 290 g/mol. The summed E-state index contributed by atoms with van der Waals surface area (Å²) in [5, 5.41) is 10.5. The van der Waals surface area contributed by atoms with Gasteiger partial charge >= 0.3 is 0 Å². The number of rotatable bonds is 0. The first kappa shape index (κ1) is 14.2. The second kappa shape index (κ2) is 4.57. The van der Waals surface area contributed by atoms with Crippen LogP contribution in [0, 0.1) is 34.5 Å². The highest BCUT2D eigenvalue weighted by molar-refractivity contribution is 5.79. The smallest absolute Gasteiger partial charge is 0.133 e. The Morgan fingerprint density at radius 3 is 2.52 bits per heavy atom. The molecule has 0 radical (unpaired) electrons. The lowest BCUT2D eigenvalue weighted by atomic mass is 9.45. The van der Waals surface area contributed by atoms with Crippen molar-refractivity contribution >= 4 is 5.78 Å². The number of aliphatic hydroxyl groups excluding tert-OH is 1. The number of carbonyl (C=O) groups is 1. The van der Waals surface area contributed by atoms with E-state index in [2.05, 4.69) is 13.8 Å². The van der Waals surface area contributed by atoms with Crippen LogP contribution < -0.4 is 0 Å². The summed E-state index contributed by atoms with van der Waals surface area (Å²) in [5.74, 6) is 3.52. The van der Waals surface area contributed by atoms with E-state index >= 15 is 0 Å². The molecule has 0 saturated heterocycles. The quantitative estimate of drug-likeness (QED) is 0.733. The lowest BCUT2D eigenvalue weighted by Crippen LogP contribution is -2.54. The van der Waals surface area contributed by atoms with Gasteiger partial charge in [0.2, 0.25) is 0 Å². The molecule has 0 aromatic heterocycles. The van der Waals surface area contributed by atoms with E-state index in [1.54, 1.807) is 0 Å². The SMILES string of the molecule is C[C@]12CCC(=O)C[C@@H]1CC[C@H]1[C@@H]2CC[C@@]2(C)[C@H](O)CC[C@@H]12. The molecule has 7 atom stereocenters. The molecule has 0 amide bonds. The molecule has 4 aliphatic rings. The predicted molar refractivity (Wildman–Crippen MR) is 82.7 cm³/mol. The summed E-state index contributed by atoms with van der Waals surface area (Å²) in [6, 6.07) is 0. The zero-order valence-corrected chi connectivity index (χ0v) is 13.6. The fourth-order valence-electron chi connectivity index (χ4n) is 7.02. The maximum atomic E-state index is 11.9. The molecule has 0 aliphatic heterocycles. The molecule has 4 saturated carbocycles. The van der Waals surface area contributed by atoms with Gasteiger partial charge in [-0.3, -0.25) is 4.79 Å². The third-order valence-electron chi connectivity index (χ3n) is 8.43. The molecule has 21 heavy (non-hydrogen) atoms. The fourth-order valence-corrected chi connectivity index (χ4v) is 7.02. The van der Waals surface area contributed by atoms with Crippen LogP contribution in [0.1, 0.15) is 71.6 Å². The normalized spacial score (nSPS) is 56.5. The van der Waals surface area contributed by atoms with Gasteiger partial charge in [0.25, 0.3) is 0 Å². The molecular formula is C19H30O2. The highest BCUT2D eigenvalue weighted by Gasteiger charge is 2.59. The van der Waals surface area contributed by atoms with Crippen molar-refractivity contribution in [3.8, 4) is 0 Å². The zero-order valence-electron chi connectivity index (χ0n) is 13.6. The van der Waals surface area contributed by atoms with E-state index in [-0.39, 0.29) is 11.5 Å². The summed E-state index contributed by atoms with van der Waals surface area (Å²) in [6.45, 7) is 4.85. The van der Waals surface area contributed by atoms with E-state index in [4.69, 9.17) is 0 Å². The van der Waals surface area contributed by atoms with E-state index in [0.29, 0.717) is 17.1 Å². The van der Waals surface area contributed by atoms with Gasteiger partial charge in [-0.15, -0.1) is 0 Å². The molecule has 4 rings (SSSR count). The molecule has 1 N–H and O–H groups in total. The van der Waals surface area contributed by atoms with Crippen LogP contribution in [0.5, 0.6) is 0 Å². The summed E-state index contributed by atoms with van der Waals surface area (Å²) < 4.78 is 0. The highest BCUT2D eigenvalue weighted by Crippen LogP contribution is 2.65. The standard InChI is InChI=1S/C19H30O2/c1-18-9-7-13(20)11-12(18)3-4-14-15-5-6-17(21)19(15,2)10-8-16(14)18/h12,14-17,21H,3-11H2,1-2H3/t12-,14+,15-,16-,17+,18-,19+/m0/s1. The first-order valence-electron chi connectivity index (χ1n) is 9.15. The van der Waals surface area contributed by atoms with Gasteiger partial charge in [-0.25, -0.2) is 0 Å². The van der Waals surface area contributed by atoms with Crippen molar-refractivity contribution in [2.24, 2.45) is 34.5 Å². The molecule has 118 valence electrons. The number of carbonyl (C=O) groups excluding carboxylic acids is 1. The van der Waals surface area contributed by atoms with Crippen molar-refractivity contribution in [3.63, 3.8) is 0 Å². The van der Waals surface area contributed by atoms with Gasteiger partial charge in [0.1, 0.15) is 5.78 Å². The monoisotopic (exact) mass is 290 g/mol. The van der Waals surface area contributed by atoms with E-state index in [1.807, 2.05) is 0 Å². The Hall–Kier alpha value is -0.370. The Labute approximate surface area is 128 Å². The Balaban J connectivity index is 1.64. The van der Waals surface area contributed by atoms with Gasteiger partial charge in [0, 0.05) is 12.8 Å². The molecule has 0 aromatic rings. The van der Waals surface area contributed by atoms with Crippen LogP contribution in [-0.2, 0) is 4.79 Å². The summed E-state index contributed by atoms with van der Waals surface area (Å²) in [4.78, 5) is 11.9. The van der Waals surface area contributed by atoms with Crippen LogP contribution >= 0.6 is 0 Å². The van der Waals surface area contributed by atoms with Gasteiger partial charge in [-0.2, -0.15) is 0 Å². The lowest BCUT2D eigenvalue weighted by Gasteiger charge is -2.60. The minimum Gasteiger partial charge on any atom is -0.393 e. The third kappa shape index (κ3) is 1.84. The van der Waals surface area contributed by atoms with Gasteiger partial charge in [-0.1, -0.05) is 13.8 Å². The summed E-state index contributed by atoms with van der Waals surface area (Å²) in [5.41, 5.74) is 0.598. The molecule has 0 spiro atoms. The fraction of sp³-hybridized carbons (Fsp3) is 0.947. The topological polar surface area (TPSA) is 37.3 Å². The first-order chi connectivity index (χ1) is 9.95. The number of ketones is 1. The molecular weight excluding hydrogens is 260 g/mol. The molecule has 2 heteroatoms. The van der Waals surface area contributed by atoms with Crippen molar-refractivity contribution in [1.82, 2.24) is 0 Å². The van der Waals surface area contributed by atoms with Crippen molar-refractivity contribution in [2.45, 2.75) is 77.7 Å². The van der Waals surface area contributed by atoms with Gasteiger partial charge in [0.15, 0.2) is 0 Å². The van der Waals surface area contributed by atoms with E-state index < -0.39 is 0 Å². The van der Waals surface area contributed by atoms with Crippen LogP contribution in [0.25, 0.3) is 0 Å². The molecule has 0 bridgehead atoms. The molecule has 4 aliphatic carbocycles. The van der Waals surface area contributed by atoms with Crippen LogP contribution in [0.3, 0.4) is 0 Å². The Morgan fingerprint density at radius 2 is 1.71 bits per heavy atom. The Morgan fingerprint density at radius 1 is 0.952 bits per heavy atom. The van der Waals surface area contributed by atoms with Gasteiger partial charge in [0.05, 0.1) is 6.10 Å². The third-order valence-corrected chi connectivity index (χ3v) is 8.43. The van der Waals surface area contributed by atoms with Crippen LogP contribution in [0.15, 0.2) is 0 Å². The Kier molecular flexibility index (Phi) is 3.10. The van der Waals surface area contributed by atoms with Crippen molar-refractivity contribution in [2.75, 3.05) is 0 Å². The maximum Gasteiger partial charge on any atom is 0.133 e. The minimum absolute atomic E-state index is 0.0677.